The summed E-state index contributed by atoms with van der Waals surface area (Å²) in [7, 11) is 0. The van der Waals surface area contributed by atoms with Gasteiger partial charge in [-0.1, -0.05) is 6.92 Å². The number of anilines is 1. The molecule has 0 aliphatic carbocycles. The van der Waals surface area contributed by atoms with Crippen molar-refractivity contribution < 1.29 is 9.72 Å². The molecule has 0 aliphatic rings. The number of hydrogen-bond donors (Lipinski definition) is 1. The van der Waals surface area contributed by atoms with E-state index in [4.69, 9.17) is 0 Å². The first-order chi connectivity index (χ1) is 9.06. The van der Waals surface area contributed by atoms with Crippen LogP contribution in [0.15, 0.2) is 24.0 Å². The molecule has 0 fully saturated rings. The number of nitrogens with one attached hydrogen (secondary N) is 1. The van der Waals surface area contributed by atoms with Crippen LogP contribution in [0.3, 0.4) is 0 Å². The molecule has 9 heteroatoms. The van der Waals surface area contributed by atoms with E-state index in [1.807, 2.05) is 0 Å². The van der Waals surface area contributed by atoms with Gasteiger partial charge in [-0.3, -0.25) is 19.6 Å². The van der Waals surface area contributed by atoms with Gasteiger partial charge in [0.25, 0.3) is 0 Å². The summed E-state index contributed by atoms with van der Waals surface area (Å²) >= 11 is 1.33. The van der Waals surface area contributed by atoms with Gasteiger partial charge < -0.3 is 5.32 Å². The number of aromatic nitrogens is 3. The van der Waals surface area contributed by atoms with Gasteiger partial charge in [0.05, 0.1) is 17.4 Å². The lowest BCUT2D eigenvalue weighted by atomic mass is 10.1. The van der Waals surface area contributed by atoms with E-state index in [0.29, 0.717) is 5.13 Å². The maximum atomic E-state index is 11.8. The molecule has 1 amide bonds. The highest BCUT2D eigenvalue weighted by Gasteiger charge is 2.17. The van der Waals surface area contributed by atoms with E-state index in [9.17, 15) is 14.9 Å². The van der Waals surface area contributed by atoms with Crippen LogP contribution in [-0.2, 0) is 11.3 Å². The number of nitro groups is 1. The van der Waals surface area contributed by atoms with Crippen LogP contribution in [0, 0.1) is 16.0 Å². The lowest BCUT2D eigenvalue weighted by Crippen LogP contribution is -2.24. The van der Waals surface area contributed by atoms with Gasteiger partial charge in [0, 0.05) is 11.6 Å². The average Bonchev–Trinajstić information content (AvgIpc) is 2.99. The summed E-state index contributed by atoms with van der Waals surface area (Å²) in [6, 6.07) is 0. The summed E-state index contributed by atoms with van der Waals surface area (Å²) in [6.07, 6.45) is 4.06. The maximum Gasteiger partial charge on any atom is 0.306 e. The predicted molar refractivity (Wildman–Crippen MR) is 68.8 cm³/mol. The molecule has 0 unspecified atom stereocenters. The quantitative estimate of drug-likeness (QED) is 0.661. The number of thiazole rings is 1. The maximum absolute atomic E-state index is 11.8. The van der Waals surface area contributed by atoms with Crippen molar-refractivity contribution in [2.24, 2.45) is 5.92 Å². The first-order valence-electron chi connectivity index (χ1n) is 5.43. The molecule has 0 spiro atoms. The monoisotopic (exact) mass is 281 g/mol. The van der Waals surface area contributed by atoms with Crippen LogP contribution in [0.2, 0.25) is 0 Å². The Labute approximate surface area is 112 Å². The average molecular weight is 281 g/mol. The molecule has 0 aromatic carbocycles. The number of nitrogens with zero attached hydrogens (tertiary/aromatic N) is 4. The summed E-state index contributed by atoms with van der Waals surface area (Å²) in [4.78, 5) is 25.8. The highest BCUT2D eigenvalue weighted by molar-refractivity contribution is 7.13. The Kier molecular flexibility index (Phi) is 3.85. The van der Waals surface area contributed by atoms with E-state index in [1.54, 1.807) is 18.5 Å². The molecule has 2 heterocycles. The largest absolute Gasteiger partial charge is 0.306 e. The van der Waals surface area contributed by atoms with Crippen LogP contribution >= 0.6 is 11.3 Å². The first kappa shape index (κ1) is 13.1. The number of carbonyl (C=O) groups is 1. The third-order valence-corrected chi connectivity index (χ3v) is 3.09. The molecule has 0 aliphatic heterocycles. The summed E-state index contributed by atoms with van der Waals surface area (Å²) in [5.74, 6) is -0.573. The van der Waals surface area contributed by atoms with Crippen molar-refractivity contribution in [3.05, 3.63) is 34.1 Å². The van der Waals surface area contributed by atoms with E-state index >= 15 is 0 Å². The second-order valence-electron chi connectivity index (χ2n) is 3.91. The Bertz CT molecular complexity index is 580. The zero-order valence-corrected chi connectivity index (χ0v) is 10.8. The lowest BCUT2D eigenvalue weighted by Gasteiger charge is -2.10. The minimum Gasteiger partial charge on any atom is -0.302 e. The standard InChI is InChI=1S/C10H11N5O3S/c1-7(9(16)13-10-11-2-3-19-10)5-14-6-8(4-12-14)15(17)18/h2-4,6-7H,5H2,1H3,(H,11,13,16)/t7-/m1/s1. The Balaban J connectivity index is 1.94. The van der Waals surface area contributed by atoms with Crippen LogP contribution in [0.5, 0.6) is 0 Å². The van der Waals surface area contributed by atoms with Gasteiger partial charge in [0.2, 0.25) is 5.91 Å². The van der Waals surface area contributed by atoms with Gasteiger partial charge in [-0.05, 0) is 0 Å². The molecule has 0 saturated carbocycles. The fraction of sp³-hybridized carbons (Fsp3) is 0.300. The molecule has 1 atom stereocenters. The number of amides is 1. The molecule has 0 radical (unpaired) electrons. The van der Waals surface area contributed by atoms with Crippen LogP contribution in [-0.4, -0.2) is 25.6 Å². The second kappa shape index (κ2) is 5.57. The molecule has 2 rings (SSSR count). The van der Waals surface area contributed by atoms with Gasteiger partial charge in [0.15, 0.2) is 5.13 Å². The third kappa shape index (κ3) is 3.35. The Morgan fingerprint density at radius 3 is 3.05 bits per heavy atom. The van der Waals surface area contributed by atoms with E-state index in [1.165, 1.54) is 22.2 Å². The predicted octanol–water partition coefficient (Wildman–Crippen LogP) is 1.52. The molecule has 0 bridgehead atoms. The van der Waals surface area contributed by atoms with Crippen molar-refractivity contribution >= 4 is 28.1 Å². The highest BCUT2D eigenvalue weighted by atomic mass is 32.1. The van der Waals surface area contributed by atoms with Gasteiger partial charge in [0.1, 0.15) is 12.4 Å². The van der Waals surface area contributed by atoms with Gasteiger partial charge in [-0.25, -0.2) is 4.98 Å². The minimum absolute atomic E-state index is 0.0902. The molecule has 100 valence electrons. The van der Waals surface area contributed by atoms with Crippen molar-refractivity contribution in [3.63, 3.8) is 0 Å². The van der Waals surface area contributed by atoms with E-state index < -0.39 is 4.92 Å². The Morgan fingerprint density at radius 1 is 1.68 bits per heavy atom. The topological polar surface area (TPSA) is 103 Å². The molecule has 8 nitrogen and oxygen atoms in total. The molecule has 0 saturated heterocycles. The zero-order valence-electron chi connectivity index (χ0n) is 10.0. The first-order valence-corrected chi connectivity index (χ1v) is 6.31. The summed E-state index contributed by atoms with van der Waals surface area (Å²) < 4.78 is 1.38. The van der Waals surface area contributed by atoms with Crippen molar-refractivity contribution in [2.45, 2.75) is 13.5 Å². The second-order valence-corrected chi connectivity index (χ2v) is 4.80. The SMILES string of the molecule is C[C@H](Cn1cc([N+](=O)[O-])cn1)C(=O)Nc1nccs1. The highest BCUT2D eigenvalue weighted by Crippen LogP contribution is 2.14. The van der Waals surface area contributed by atoms with Crippen molar-refractivity contribution in [2.75, 3.05) is 5.32 Å². The van der Waals surface area contributed by atoms with Crippen LogP contribution in [0.25, 0.3) is 0 Å². The molecule has 2 aromatic rings. The fourth-order valence-corrected chi connectivity index (χ4v) is 1.96. The smallest absolute Gasteiger partial charge is 0.302 e. The van der Waals surface area contributed by atoms with E-state index in [2.05, 4.69) is 15.4 Å². The van der Waals surface area contributed by atoms with E-state index in [-0.39, 0.29) is 24.1 Å². The van der Waals surface area contributed by atoms with Gasteiger partial charge in [-0.15, -0.1) is 11.3 Å². The molecule has 19 heavy (non-hydrogen) atoms. The minimum atomic E-state index is -0.524. The molecular formula is C10H11N5O3S. The van der Waals surface area contributed by atoms with Crippen LogP contribution in [0.1, 0.15) is 6.92 Å². The normalized spacial score (nSPS) is 12.1. The number of carbonyl (C=O) groups excluding carboxylic acids is 1. The summed E-state index contributed by atoms with van der Waals surface area (Å²) in [5.41, 5.74) is -0.0902. The molecule has 2 aromatic heterocycles. The molecule has 1 N–H and O–H groups in total. The molecular weight excluding hydrogens is 270 g/mol. The summed E-state index contributed by atoms with van der Waals surface area (Å²) in [6.45, 7) is 1.99. The number of hydrogen-bond acceptors (Lipinski definition) is 6. The zero-order chi connectivity index (χ0) is 13.8. The Hall–Kier alpha value is -2.29. The van der Waals surface area contributed by atoms with Crippen LogP contribution < -0.4 is 5.32 Å². The Morgan fingerprint density at radius 2 is 2.47 bits per heavy atom. The van der Waals surface area contributed by atoms with Crippen molar-refractivity contribution in [1.82, 2.24) is 14.8 Å². The van der Waals surface area contributed by atoms with Gasteiger partial charge >= 0.3 is 5.69 Å². The fourth-order valence-electron chi connectivity index (χ4n) is 1.42. The number of rotatable bonds is 5. The van der Waals surface area contributed by atoms with Crippen molar-refractivity contribution in [1.29, 1.82) is 0 Å². The summed E-state index contributed by atoms with van der Waals surface area (Å²) in [5, 5.41) is 19.3. The van der Waals surface area contributed by atoms with Crippen molar-refractivity contribution in [3.8, 4) is 0 Å². The van der Waals surface area contributed by atoms with Crippen LogP contribution in [0.4, 0.5) is 10.8 Å². The van der Waals surface area contributed by atoms with E-state index in [0.717, 1.165) is 6.20 Å². The third-order valence-electron chi connectivity index (χ3n) is 2.40. The lowest BCUT2D eigenvalue weighted by molar-refractivity contribution is -0.385. The van der Waals surface area contributed by atoms with Gasteiger partial charge in [-0.2, -0.15) is 5.10 Å².